The number of hydrogen-bond donors (Lipinski definition) is 0. The van der Waals surface area contributed by atoms with Gasteiger partial charge < -0.3 is 18.9 Å². The fraction of sp³-hybridized carbons (Fsp3) is 0.875. The van der Waals surface area contributed by atoms with E-state index in [1.165, 1.54) is 32.4 Å². The SMILES string of the molecule is C=C(COCCN1CCCCC1)B1OC(C)(C)C(C)(C)O1. The normalized spacial score (nSPS) is 25.2. The number of nitrogens with zero attached hydrogens (tertiary/aromatic N) is 1. The molecule has 2 rings (SSSR count). The summed E-state index contributed by atoms with van der Waals surface area (Å²) < 4.78 is 17.7. The van der Waals surface area contributed by atoms with Gasteiger partial charge in [-0.15, -0.1) is 6.58 Å². The highest BCUT2D eigenvalue weighted by Gasteiger charge is 2.51. The molecule has 21 heavy (non-hydrogen) atoms. The molecule has 0 spiro atoms. The minimum absolute atomic E-state index is 0.311. The minimum atomic E-state index is -0.356. The van der Waals surface area contributed by atoms with Crippen molar-refractivity contribution in [3.05, 3.63) is 12.1 Å². The van der Waals surface area contributed by atoms with Gasteiger partial charge in [-0.1, -0.05) is 6.42 Å². The molecule has 2 heterocycles. The van der Waals surface area contributed by atoms with Crippen LogP contribution in [0, 0.1) is 0 Å². The van der Waals surface area contributed by atoms with Crippen molar-refractivity contribution in [3.8, 4) is 0 Å². The van der Waals surface area contributed by atoms with Gasteiger partial charge in [0.1, 0.15) is 0 Å². The summed E-state index contributed by atoms with van der Waals surface area (Å²) in [5.74, 6) is 0. The molecule has 5 heteroatoms. The third kappa shape index (κ3) is 4.32. The molecule has 0 N–H and O–H groups in total. The van der Waals surface area contributed by atoms with Crippen molar-refractivity contribution in [3.63, 3.8) is 0 Å². The van der Waals surface area contributed by atoms with Crippen molar-refractivity contribution >= 4 is 7.12 Å². The topological polar surface area (TPSA) is 30.9 Å². The second-order valence-corrected chi connectivity index (χ2v) is 7.20. The van der Waals surface area contributed by atoms with Gasteiger partial charge in [0.15, 0.2) is 0 Å². The fourth-order valence-corrected chi connectivity index (χ4v) is 2.66. The van der Waals surface area contributed by atoms with Crippen molar-refractivity contribution in [2.24, 2.45) is 0 Å². The number of rotatable bonds is 6. The van der Waals surface area contributed by atoms with Crippen LogP contribution in [-0.4, -0.2) is 56.1 Å². The van der Waals surface area contributed by atoms with E-state index >= 15 is 0 Å². The molecule has 0 atom stereocenters. The van der Waals surface area contributed by atoms with Gasteiger partial charge in [-0.25, -0.2) is 0 Å². The van der Waals surface area contributed by atoms with Crippen LogP contribution in [0.2, 0.25) is 0 Å². The molecule has 2 aliphatic heterocycles. The van der Waals surface area contributed by atoms with Crippen LogP contribution < -0.4 is 0 Å². The smallest absolute Gasteiger partial charge is 0.400 e. The van der Waals surface area contributed by atoms with Gasteiger partial charge in [0.05, 0.1) is 24.4 Å². The summed E-state index contributed by atoms with van der Waals surface area (Å²) in [7, 11) is -0.356. The zero-order valence-corrected chi connectivity index (χ0v) is 14.1. The Labute approximate surface area is 130 Å². The molecule has 0 saturated carbocycles. The zero-order chi connectivity index (χ0) is 15.5. The first-order chi connectivity index (χ1) is 9.82. The van der Waals surface area contributed by atoms with Crippen LogP contribution in [0.15, 0.2) is 12.1 Å². The van der Waals surface area contributed by atoms with Gasteiger partial charge in [-0.3, -0.25) is 0 Å². The zero-order valence-electron chi connectivity index (χ0n) is 14.1. The van der Waals surface area contributed by atoms with Crippen molar-refractivity contribution in [1.29, 1.82) is 0 Å². The highest BCUT2D eigenvalue weighted by molar-refractivity contribution is 6.54. The van der Waals surface area contributed by atoms with E-state index in [-0.39, 0.29) is 18.3 Å². The highest BCUT2D eigenvalue weighted by atomic mass is 16.7. The van der Waals surface area contributed by atoms with Gasteiger partial charge in [0.2, 0.25) is 0 Å². The van der Waals surface area contributed by atoms with Crippen molar-refractivity contribution in [2.75, 3.05) is 32.8 Å². The molecule has 4 nitrogen and oxygen atoms in total. The minimum Gasteiger partial charge on any atom is -0.400 e. The lowest BCUT2D eigenvalue weighted by Gasteiger charge is -2.32. The van der Waals surface area contributed by atoms with Crippen LogP contribution >= 0.6 is 0 Å². The van der Waals surface area contributed by atoms with Crippen LogP contribution in [-0.2, 0) is 14.0 Å². The van der Waals surface area contributed by atoms with Crippen LogP contribution in [0.1, 0.15) is 47.0 Å². The molecule has 2 fully saturated rings. The predicted octanol–water partition coefficient (Wildman–Crippen LogP) is 2.68. The van der Waals surface area contributed by atoms with Gasteiger partial charge in [0.25, 0.3) is 0 Å². The van der Waals surface area contributed by atoms with Crippen molar-refractivity contribution in [2.45, 2.75) is 58.2 Å². The van der Waals surface area contributed by atoms with Gasteiger partial charge in [-0.2, -0.15) is 0 Å². The molecule has 0 aromatic carbocycles. The van der Waals surface area contributed by atoms with Crippen LogP contribution in [0.3, 0.4) is 0 Å². The average molecular weight is 295 g/mol. The maximum atomic E-state index is 5.96. The summed E-state index contributed by atoms with van der Waals surface area (Å²) in [5, 5.41) is 0. The third-order valence-corrected chi connectivity index (χ3v) is 4.87. The monoisotopic (exact) mass is 295 g/mol. The van der Waals surface area contributed by atoms with Crippen molar-refractivity contribution < 1.29 is 14.0 Å². The Kier molecular flexibility index (Phi) is 5.52. The molecule has 0 aromatic rings. The van der Waals surface area contributed by atoms with E-state index in [9.17, 15) is 0 Å². The first-order valence-electron chi connectivity index (χ1n) is 8.15. The first kappa shape index (κ1) is 17.0. The first-order valence-corrected chi connectivity index (χ1v) is 8.15. The Balaban J connectivity index is 1.66. The summed E-state index contributed by atoms with van der Waals surface area (Å²) >= 11 is 0. The summed E-state index contributed by atoms with van der Waals surface area (Å²) in [6, 6.07) is 0. The molecule has 0 unspecified atom stereocenters. The second kappa shape index (κ2) is 6.82. The average Bonchev–Trinajstić information content (AvgIpc) is 2.65. The third-order valence-electron chi connectivity index (χ3n) is 4.87. The molecule has 2 aliphatic rings. The van der Waals surface area contributed by atoms with Gasteiger partial charge in [-0.05, 0) is 59.1 Å². The molecule has 120 valence electrons. The summed E-state index contributed by atoms with van der Waals surface area (Å²) in [5.41, 5.74) is 0.246. The molecular weight excluding hydrogens is 265 g/mol. The highest BCUT2D eigenvalue weighted by Crippen LogP contribution is 2.38. The largest absolute Gasteiger partial charge is 0.492 e. The van der Waals surface area contributed by atoms with Crippen LogP contribution in [0.25, 0.3) is 0 Å². The Morgan fingerprint density at radius 3 is 2.24 bits per heavy atom. The Morgan fingerprint density at radius 2 is 1.67 bits per heavy atom. The Morgan fingerprint density at radius 1 is 1.10 bits per heavy atom. The number of hydrogen-bond acceptors (Lipinski definition) is 4. The summed E-state index contributed by atoms with van der Waals surface area (Å²) in [6.07, 6.45) is 4.01. The van der Waals surface area contributed by atoms with E-state index < -0.39 is 0 Å². The molecule has 2 saturated heterocycles. The van der Waals surface area contributed by atoms with E-state index in [1.54, 1.807) is 0 Å². The maximum Gasteiger partial charge on any atom is 0.492 e. The van der Waals surface area contributed by atoms with Gasteiger partial charge >= 0.3 is 7.12 Å². The summed E-state index contributed by atoms with van der Waals surface area (Å²) in [4.78, 5) is 2.47. The van der Waals surface area contributed by atoms with Gasteiger partial charge in [0, 0.05) is 6.54 Å². The number of piperidine rings is 1. The van der Waals surface area contributed by atoms with E-state index in [4.69, 9.17) is 14.0 Å². The summed E-state index contributed by atoms with van der Waals surface area (Å²) in [6.45, 7) is 17.0. The number of ether oxygens (including phenoxy) is 1. The predicted molar refractivity (Wildman–Crippen MR) is 86.3 cm³/mol. The van der Waals surface area contributed by atoms with E-state index in [0.29, 0.717) is 6.61 Å². The lowest BCUT2D eigenvalue weighted by atomic mass is 9.80. The molecule has 0 aliphatic carbocycles. The fourth-order valence-electron chi connectivity index (χ4n) is 2.66. The van der Waals surface area contributed by atoms with E-state index in [1.807, 2.05) is 0 Å². The Hall–Kier alpha value is -0.355. The van der Waals surface area contributed by atoms with Crippen LogP contribution in [0.5, 0.6) is 0 Å². The lowest BCUT2D eigenvalue weighted by Crippen LogP contribution is -2.41. The molecule has 0 amide bonds. The van der Waals surface area contributed by atoms with Crippen molar-refractivity contribution in [1.82, 2.24) is 4.90 Å². The van der Waals surface area contributed by atoms with E-state index in [2.05, 4.69) is 39.2 Å². The molecule has 0 bridgehead atoms. The molecule has 0 radical (unpaired) electrons. The van der Waals surface area contributed by atoms with E-state index in [0.717, 1.165) is 18.6 Å². The number of likely N-dealkylation sites (tertiary alicyclic amines) is 1. The maximum absolute atomic E-state index is 5.96. The van der Waals surface area contributed by atoms with Crippen LogP contribution in [0.4, 0.5) is 0 Å². The standard InChI is InChI=1S/C16H30BNO3/c1-14(17-20-15(2,3)16(4,5)21-17)13-19-12-11-18-9-7-6-8-10-18/h1,6-13H2,2-5H3. The lowest BCUT2D eigenvalue weighted by molar-refractivity contribution is 0.00578. The quantitative estimate of drug-likeness (QED) is 0.557. The molecular formula is C16H30BNO3. The Bertz CT molecular complexity index is 349. The molecule has 0 aromatic heterocycles. The second-order valence-electron chi connectivity index (χ2n) is 7.20.